The van der Waals surface area contributed by atoms with E-state index in [1.807, 2.05) is 0 Å². The van der Waals surface area contributed by atoms with Gasteiger partial charge in [0.15, 0.2) is 0 Å². The molecule has 1 aliphatic heterocycles. The van der Waals surface area contributed by atoms with Crippen molar-refractivity contribution in [3.63, 3.8) is 0 Å². The number of sulfonamides is 1. The van der Waals surface area contributed by atoms with E-state index in [4.69, 9.17) is 4.74 Å². The van der Waals surface area contributed by atoms with Gasteiger partial charge in [0, 0.05) is 12.6 Å². The van der Waals surface area contributed by atoms with Crippen LogP contribution >= 0.6 is 0 Å². The smallest absolute Gasteiger partial charge is 0.338 e. The van der Waals surface area contributed by atoms with E-state index in [1.165, 1.54) is 18.2 Å². The zero-order chi connectivity index (χ0) is 23.5. The third kappa shape index (κ3) is 4.53. The fourth-order valence-corrected chi connectivity index (χ4v) is 5.15. The molecule has 168 valence electrons. The summed E-state index contributed by atoms with van der Waals surface area (Å²) >= 11 is 0. The maximum absolute atomic E-state index is 13.2. The van der Waals surface area contributed by atoms with Gasteiger partial charge in [0.05, 0.1) is 47.6 Å². The topological polar surface area (TPSA) is 133 Å². The predicted octanol–water partition coefficient (Wildman–Crippen LogP) is 2.37. The van der Waals surface area contributed by atoms with Crippen LogP contribution in [0.3, 0.4) is 0 Å². The van der Waals surface area contributed by atoms with Crippen LogP contribution in [0.2, 0.25) is 0 Å². The number of benzene rings is 2. The number of carbonyl (C=O) groups is 2. The summed E-state index contributed by atoms with van der Waals surface area (Å²) in [5.41, 5.74) is -0.183. The number of carbonyl (C=O) groups excluding carboxylic acids is 2. The first-order chi connectivity index (χ1) is 15.2. The highest BCUT2D eigenvalue weighted by Gasteiger charge is 2.43. The summed E-state index contributed by atoms with van der Waals surface area (Å²) in [6.07, 6.45) is 1.37. The predicted molar refractivity (Wildman–Crippen MR) is 113 cm³/mol. The maximum Gasteiger partial charge on any atom is 0.338 e. The summed E-state index contributed by atoms with van der Waals surface area (Å²) in [7, 11) is -1.73. The molecule has 0 N–H and O–H groups in total. The van der Waals surface area contributed by atoms with Gasteiger partial charge in [-0.3, -0.25) is 10.1 Å². The molecule has 0 saturated carbocycles. The lowest BCUT2D eigenvalue weighted by Crippen LogP contribution is -2.34. The van der Waals surface area contributed by atoms with Crippen molar-refractivity contribution in [3.8, 4) is 0 Å². The van der Waals surface area contributed by atoms with E-state index in [-0.39, 0.29) is 29.0 Å². The standard InChI is InChI=1S/C21H20N2O8S/c1-30-20(24)15-8-9-16(18(12-15)23(26)27)19-17(21(25)31-2)10-11-22(19)32(28,29)13-14-6-4-3-5-7-14/h3-10,12,19H,11,13H2,1-2H3. The molecule has 0 aromatic heterocycles. The molecule has 11 heteroatoms. The number of nitro benzene ring substituents is 1. The largest absolute Gasteiger partial charge is 0.466 e. The lowest BCUT2D eigenvalue weighted by Gasteiger charge is -2.26. The monoisotopic (exact) mass is 460 g/mol. The molecule has 0 bridgehead atoms. The Hall–Kier alpha value is -3.57. The Morgan fingerprint density at radius 3 is 2.34 bits per heavy atom. The average Bonchev–Trinajstić information content (AvgIpc) is 3.24. The van der Waals surface area contributed by atoms with Crippen molar-refractivity contribution in [1.82, 2.24) is 4.31 Å². The molecule has 1 heterocycles. The number of nitrogens with zero attached hydrogens (tertiary/aromatic N) is 2. The van der Waals surface area contributed by atoms with Crippen molar-refractivity contribution < 1.29 is 32.4 Å². The second-order valence-corrected chi connectivity index (χ2v) is 8.81. The van der Waals surface area contributed by atoms with Crippen LogP contribution in [0.1, 0.15) is 27.5 Å². The Balaban J connectivity index is 2.12. The fraction of sp³-hybridized carbons (Fsp3) is 0.238. The van der Waals surface area contributed by atoms with Crippen molar-refractivity contribution in [2.75, 3.05) is 20.8 Å². The lowest BCUT2D eigenvalue weighted by molar-refractivity contribution is -0.385. The molecule has 2 aromatic carbocycles. The van der Waals surface area contributed by atoms with Gasteiger partial charge in [0.25, 0.3) is 5.69 Å². The summed E-state index contributed by atoms with van der Waals surface area (Å²) in [4.78, 5) is 35.3. The number of hydrogen-bond donors (Lipinski definition) is 0. The van der Waals surface area contributed by atoms with Crippen molar-refractivity contribution in [3.05, 3.63) is 87.0 Å². The molecule has 0 fully saturated rings. The van der Waals surface area contributed by atoms with Crippen LogP contribution in [0.4, 0.5) is 5.69 Å². The maximum atomic E-state index is 13.2. The van der Waals surface area contributed by atoms with E-state index in [9.17, 15) is 28.1 Å². The summed E-state index contributed by atoms with van der Waals surface area (Å²) in [6, 6.07) is 10.7. The third-order valence-corrected chi connectivity index (χ3v) is 6.76. The van der Waals surface area contributed by atoms with Gasteiger partial charge in [0.1, 0.15) is 0 Å². The van der Waals surface area contributed by atoms with E-state index in [0.29, 0.717) is 5.56 Å². The molecular formula is C21H20N2O8S. The number of hydrogen-bond acceptors (Lipinski definition) is 8. The molecule has 32 heavy (non-hydrogen) atoms. The molecule has 1 aliphatic rings. The van der Waals surface area contributed by atoms with Crippen molar-refractivity contribution >= 4 is 27.6 Å². The van der Waals surface area contributed by atoms with Gasteiger partial charge in [-0.05, 0) is 17.7 Å². The van der Waals surface area contributed by atoms with Gasteiger partial charge in [0.2, 0.25) is 10.0 Å². The lowest BCUT2D eigenvalue weighted by atomic mass is 9.97. The van der Waals surface area contributed by atoms with E-state index < -0.39 is 38.6 Å². The molecular weight excluding hydrogens is 440 g/mol. The van der Waals surface area contributed by atoms with Gasteiger partial charge in [-0.2, -0.15) is 4.31 Å². The highest BCUT2D eigenvalue weighted by Crippen LogP contribution is 2.41. The van der Waals surface area contributed by atoms with E-state index >= 15 is 0 Å². The van der Waals surface area contributed by atoms with Crippen LogP contribution in [0.15, 0.2) is 60.2 Å². The van der Waals surface area contributed by atoms with Gasteiger partial charge in [-0.1, -0.05) is 36.4 Å². The number of esters is 2. The fourth-order valence-electron chi connectivity index (χ4n) is 3.52. The first kappa shape index (κ1) is 23.1. The Bertz CT molecular complexity index is 1190. The molecule has 10 nitrogen and oxygen atoms in total. The van der Waals surface area contributed by atoms with Crippen molar-refractivity contribution in [2.45, 2.75) is 11.8 Å². The highest BCUT2D eigenvalue weighted by molar-refractivity contribution is 7.88. The number of nitro groups is 1. The minimum absolute atomic E-state index is 0.0435. The third-order valence-electron chi connectivity index (χ3n) is 4.99. The summed E-state index contributed by atoms with van der Waals surface area (Å²) in [6.45, 7) is -0.166. The zero-order valence-electron chi connectivity index (χ0n) is 17.3. The van der Waals surface area contributed by atoms with Crippen LogP contribution in [-0.2, 0) is 30.0 Å². The second kappa shape index (κ2) is 9.28. The molecule has 0 spiro atoms. The molecule has 1 atom stereocenters. The van der Waals surface area contributed by atoms with Crippen LogP contribution < -0.4 is 0 Å². The summed E-state index contributed by atoms with van der Waals surface area (Å²) in [5.74, 6) is -1.96. The molecule has 0 aliphatic carbocycles. The molecule has 3 rings (SSSR count). The van der Waals surface area contributed by atoms with E-state index in [1.54, 1.807) is 30.3 Å². The molecule has 1 unspecified atom stereocenters. The quantitative estimate of drug-likeness (QED) is 0.349. The van der Waals surface area contributed by atoms with E-state index in [2.05, 4.69) is 4.74 Å². The highest BCUT2D eigenvalue weighted by atomic mass is 32.2. The van der Waals surface area contributed by atoms with Crippen LogP contribution in [0.5, 0.6) is 0 Å². The Morgan fingerprint density at radius 1 is 1.09 bits per heavy atom. The Labute approximate surface area is 184 Å². The zero-order valence-corrected chi connectivity index (χ0v) is 18.1. The second-order valence-electron chi connectivity index (χ2n) is 6.89. The molecule has 2 aromatic rings. The molecule has 0 saturated heterocycles. The first-order valence-corrected chi connectivity index (χ1v) is 11.0. The number of ether oxygens (including phenoxy) is 2. The summed E-state index contributed by atoms with van der Waals surface area (Å²) < 4.78 is 36.9. The van der Waals surface area contributed by atoms with Crippen molar-refractivity contribution in [1.29, 1.82) is 0 Å². The van der Waals surface area contributed by atoms with Crippen LogP contribution in [0, 0.1) is 10.1 Å². The summed E-state index contributed by atoms with van der Waals surface area (Å²) in [5, 5.41) is 11.8. The average molecular weight is 460 g/mol. The van der Waals surface area contributed by atoms with Gasteiger partial charge < -0.3 is 9.47 Å². The van der Waals surface area contributed by atoms with Crippen molar-refractivity contribution in [2.24, 2.45) is 0 Å². The normalized spacial score (nSPS) is 16.3. The SMILES string of the molecule is COC(=O)C1=CCN(S(=O)(=O)Cc2ccccc2)C1c1ccc(C(=O)OC)cc1[N+](=O)[O-]. The van der Waals surface area contributed by atoms with E-state index in [0.717, 1.165) is 24.6 Å². The van der Waals surface area contributed by atoms with Crippen LogP contribution in [0.25, 0.3) is 0 Å². The van der Waals surface area contributed by atoms with Gasteiger partial charge in [-0.25, -0.2) is 18.0 Å². The Morgan fingerprint density at radius 2 is 1.75 bits per heavy atom. The Kier molecular flexibility index (Phi) is 6.70. The number of methoxy groups -OCH3 is 2. The minimum atomic E-state index is -4.00. The molecule has 0 radical (unpaired) electrons. The van der Waals surface area contributed by atoms with Crippen LogP contribution in [-0.4, -0.2) is 50.3 Å². The minimum Gasteiger partial charge on any atom is -0.466 e. The molecule has 0 amide bonds. The first-order valence-electron chi connectivity index (χ1n) is 9.38. The number of rotatable bonds is 7. The van der Waals surface area contributed by atoms with Gasteiger partial charge >= 0.3 is 11.9 Å². The van der Waals surface area contributed by atoms with Gasteiger partial charge in [-0.15, -0.1) is 0 Å².